The molecule has 0 saturated carbocycles. The highest BCUT2D eigenvalue weighted by atomic mass is 31.2. The van der Waals surface area contributed by atoms with Crippen LogP contribution in [0.2, 0.25) is 0 Å². The van der Waals surface area contributed by atoms with E-state index in [1.54, 1.807) is 0 Å². The first-order valence-corrected chi connectivity index (χ1v) is 20.6. The number of imidazole rings is 1. The molecule has 58 heavy (non-hydrogen) atoms. The molecule has 1 fully saturated rings. The van der Waals surface area contributed by atoms with Crippen LogP contribution in [0.5, 0.6) is 5.88 Å². The number of nitrogens with two attached hydrogens (primary N) is 1. The maximum absolute atomic E-state index is 15.3. The lowest BCUT2D eigenvalue weighted by atomic mass is 9.96. The fraction of sp³-hybridized carbons (Fsp3) is 0.525. The van der Waals surface area contributed by atoms with Crippen LogP contribution in [0.3, 0.4) is 0 Å². The molecule has 0 spiro atoms. The number of nitrogen functional groups attached to an aromatic ring is 1. The number of ether oxygens (including phenoxy) is 4. The summed E-state index contributed by atoms with van der Waals surface area (Å²) < 4.78 is 45.8. The summed E-state index contributed by atoms with van der Waals surface area (Å²) in [7, 11) is -3.15. The van der Waals surface area contributed by atoms with Gasteiger partial charge in [-0.25, -0.2) is 15.2 Å². The maximum atomic E-state index is 15.3. The normalized spacial score (nSPS) is 21.1. The molecule has 3 heterocycles. The number of benzene rings is 2. The Labute approximate surface area is 338 Å². The molecular weight excluding hydrogens is 769 g/mol. The predicted molar refractivity (Wildman–Crippen MR) is 215 cm³/mol. The lowest BCUT2D eigenvalue weighted by molar-refractivity contribution is -0.148. The van der Waals surface area contributed by atoms with Gasteiger partial charge in [-0.1, -0.05) is 102 Å². The molecular formula is C40H56N7O10P. The van der Waals surface area contributed by atoms with Gasteiger partial charge in [0.1, 0.15) is 29.9 Å². The van der Waals surface area contributed by atoms with Gasteiger partial charge in [-0.3, -0.25) is 18.7 Å². The molecule has 1 saturated heterocycles. The van der Waals surface area contributed by atoms with Crippen LogP contribution in [0.15, 0.2) is 67.0 Å². The first-order chi connectivity index (χ1) is 27.2. The Hall–Kier alpha value is -4.48. The first kappa shape index (κ1) is 44.6. The lowest BCUT2D eigenvalue weighted by Gasteiger charge is -2.30. The number of esters is 2. The number of anilines is 1. The zero-order chi connectivity index (χ0) is 42.5. The van der Waals surface area contributed by atoms with E-state index in [4.69, 9.17) is 29.2 Å². The fourth-order valence-corrected chi connectivity index (χ4v) is 7.93. The van der Waals surface area contributed by atoms with Crippen molar-refractivity contribution >= 4 is 36.7 Å². The second kappa shape index (κ2) is 18.2. The topological polar surface area (TPSA) is 231 Å². The van der Waals surface area contributed by atoms with Gasteiger partial charge < -0.3 is 39.4 Å². The van der Waals surface area contributed by atoms with Gasteiger partial charge in [0.2, 0.25) is 11.8 Å². The highest BCUT2D eigenvalue weighted by Crippen LogP contribution is 2.45. The van der Waals surface area contributed by atoms with Crippen molar-refractivity contribution in [3.63, 3.8) is 0 Å². The summed E-state index contributed by atoms with van der Waals surface area (Å²) in [6.07, 6.45) is -2.80. The number of aliphatic hydroxyl groups excluding tert-OH is 1. The van der Waals surface area contributed by atoms with Gasteiger partial charge in [-0.2, -0.15) is 9.97 Å². The van der Waals surface area contributed by atoms with Crippen LogP contribution in [0, 0.1) is 10.8 Å². The van der Waals surface area contributed by atoms with Gasteiger partial charge in [0.15, 0.2) is 17.4 Å². The van der Waals surface area contributed by atoms with Crippen LogP contribution in [-0.2, 0) is 45.7 Å². The van der Waals surface area contributed by atoms with E-state index in [1.165, 1.54) is 24.9 Å². The van der Waals surface area contributed by atoms with E-state index in [0.29, 0.717) is 0 Å². The van der Waals surface area contributed by atoms with E-state index in [1.807, 2.05) is 102 Å². The van der Waals surface area contributed by atoms with Crippen molar-refractivity contribution in [3.8, 4) is 5.88 Å². The number of aliphatic hydroxyl groups is 2. The fourth-order valence-electron chi connectivity index (χ4n) is 6.14. The minimum Gasteiger partial charge on any atom is -0.479 e. The third kappa shape index (κ3) is 11.6. The van der Waals surface area contributed by atoms with Crippen LogP contribution >= 0.6 is 7.67 Å². The molecule has 17 nitrogen and oxygen atoms in total. The van der Waals surface area contributed by atoms with E-state index in [9.17, 15) is 19.8 Å². The summed E-state index contributed by atoms with van der Waals surface area (Å²) in [5.74, 6) is -1.44. The van der Waals surface area contributed by atoms with E-state index in [2.05, 4.69) is 25.1 Å². The second-order valence-electron chi connectivity index (χ2n) is 17.0. The van der Waals surface area contributed by atoms with Crippen LogP contribution < -0.4 is 20.6 Å². The molecule has 0 aliphatic carbocycles. The summed E-state index contributed by atoms with van der Waals surface area (Å²) in [5, 5.41) is 28.9. The molecule has 5 rings (SSSR count). The van der Waals surface area contributed by atoms with Crippen LogP contribution in [-0.4, -0.2) is 98.5 Å². The number of nitrogens with zero attached hydrogens (tertiary/aromatic N) is 4. The second-order valence-corrected chi connectivity index (χ2v) is 18.9. The lowest BCUT2D eigenvalue weighted by Crippen LogP contribution is -2.48. The number of carbonyl (C=O) groups is 2. The highest BCUT2D eigenvalue weighted by Gasteiger charge is 2.54. The van der Waals surface area contributed by atoms with Crippen molar-refractivity contribution in [2.45, 2.75) is 97.4 Å². The molecule has 6 N–H and O–H groups in total. The summed E-state index contributed by atoms with van der Waals surface area (Å²) in [6.45, 7) is 12.4. The third-order valence-corrected chi connectivity index (χ3v) is 10.9. The number of rotatable bonds is 17. The minimum atomic E-state index is -4.55. The molecule has 4 aromatic rings. The standard InChI is InChI=1S/C40H56N7O10P/c1-38(2,3)22-54-34(49)27(19-25-15-11-9-12-16-25)45-58(52,46-28(20-26-17-13-10-14-18-26)35(50)55-23-39(4,5)6)56-21-29-31(48)40(7,51)36(57-29)47-24-42-30-32(47)43-37(41)44-33(30)53-8/h9-18,24,27-29,31,36,48,51H,19-23H2,1-8H3,(H2,41,43,44)(H2,45,46,52)/t27-,28-,29+,31+,36+,40+/m0/s1. The quantitative estimate of drug-likeness (QED) is 0.0744. The summed E-state index contributed by atoms with van der Waals surface area (Å²) in [4.78, 5) is 40.2. The first-order valence-electron chi connectivity index (χ1n) is 19.0. The Balaban J connectivity index is 1.49. The molecule has 0 unspecified atom stereocenters. The number of nitrogens with one attached hydrogen (secondary N) is 2. The molecule has 0 bridgehead atoms. The van der Waals surface area contributed by atoms with Gasteiger partial charge in [0, 0.05) is 0 Å². The van der Waals surface area contributed by atoms with Crippen LogP contribution in [0.25, 0.3) is 11.2 Å². The third-order valence-electron chi connectivity index (χ3n) is 9.11. The number of methoxy groups -OCH3 is 1. The van der Waals surface area contributed by atoms with Crippen molar-refractivity contribution in [3.05, 3.63) is 78.1 Å². The van der Waals surface area contributed by atoms with Gasteiger partial charge in [-0.05, 0) is 41.7 Å². The largest absolute Gasteiger partial charge is 0.479 e. The summed E-state index contributed by atoms with van der Waals surface area (Å²) >= 11 is 0. The number of hydrogen-bond donors (Lipinski definition) is 5. The molecule has 6 atom stereocenters. The van der Waals surface area contributed by atoms with Crippen molar-refractivity contribution in [1.29, 1.82) is 0 Å². The SMILES string of the molecule is COc1nc(N)nc2c1ncn2[C@@H]1O[C@H](COP(=O)(N[C@@H](Cc2ccccc2)C(=O)OCC(C)(C)C)N[C@@H](Cc2ccccc2)C(=O)OCC(C)(C)C)[C@@H](O)[C@@]1(C)O. The van der Waals surface area contributed by atoms with Gasteiger partial charge >= 0.3 is 19.6 Å². The zero-order valence-corrected chi connectivity index (χ0v) is 35.1. The van der Waals surface area contributed by atoms with E-state index in [0.717, 1.165) is 11.1 Å². The van der Waals surface area contributed by atoms with Crippen molar-refractivity contribution in [2.24, 2.45) is 10.8 Å². The molecule has 2 aromatic carbocycles. The van der Waals surface area contributed by atoms with Crippen molar-refractivity contribution < 1.29 is 47.8 Å². The van der Waals surface area contributed by atoms with E-state index >= 15 is 4.57 Å². The number of fused-ring (bicyclic) bond motifs is 1. The van der Waals surface area contributed by atoms with Gasteiger partial charge in [0.05, 0.1) is 33.3 Å². The Morgan fingerprint density at radius 1 is 0.914 bits per heavy atom. The van der Waals surface area contributed by atoms with Crippen LogP contribution in [0.4, 0.5) is 5.95 Å². The Bertz CT molecular complexity index is 1970. The smallest absolute Gasteiger partial charge is 0.342 e. The van der Waals surface area contributed by atoms with Crippen molar-refractivity contribution in [2.75, 3.05) is 32.7 Å². The number of carbonyl (C=O) groups excluding carboxylic acids is 2. The molecule has 2 aromatic heterocycles. The Morgan fingerprint density at radius 3 is 1.88 bits per heavy atom. The Kier molecular flexibility index (Phi) is 14.0. The Morgan fingerprint density at radius 2 is 1.41 bits per heavy atom. The molecule has 18 heteroatoms. The molecule has 0 radical (unpaired) electrons. The maximum Gasteiger partial charge on any atom is 0.342 e. The molecule has 1 aliphatic rings. The molecule has 316 valence electrons. The average molecular weight is 826 g/mol. The summed E-state index contributed by atoms with van der Waals surface area (Å²) in [5.41, 5.74) is 5.03. The number of aromatic nitrogens is 4. The van der Waals surface area contributed by atoms with E-state index < -0.39 is 62.3 Å². The molecule has 0 amide bonds. The monoisotopic (exact) mass is 825 g/mol. The average Bonchev–Trinajstić information content (AvgIpc) is 3.67. The van der Waals surface area contributed by atoms with Crippen LogP contribution in [0.1, 0.15) is 65.8 Å². The highest BCUT2D eigenvalue weighted by molar-refractivity contribution is 7.54. The zero-order valence-electron chi connectivity index (χ0n) is 34.2. The summed E-state index contributed by atoms with van der Waals surface area (Å²) in [6, 6.07) is 15.7. The van der Waals surface area contributed by atoms with Gasteiger partial charge in [-0.15, -0.1) is 0 Å². The predicted octanol–water partition coefficient (Wildman–Crippen LogP) is 4.13. The molecule has 1 aliphatic heterocycles. The van der Waals surface area contributed by atoms with Crippen molar-refractivity contribution in [1.82, 2.24) is 29.7 Å². The van der Waals surface area contributed by atoms with E-state index in [-0.39, 0.29) is 59.9 Å². The minimum absolute atomic E-state index is 0.0398. The van der Waals surface area contributed by atoms with Gasteiger partial charge in [0.25, 0.3) is 0 Å². The number of hydrogen-bond acceptors (Lipinski definition) is 14.